The van der Waals surface area contributed by atoms with Gasteiger partial charge < -0.3 is 14.8 Å². The first-order valence-electron chi connectivity index (χ1n) is 7.25. The molecule has 0 unspecified atom stereocenters. The summed E-state index contributed by atoms with van der Waals surface area (Å²) >= 11 is 1.60. The summed E-state index contributed by atoms with van der Waals surface area (Å²) in [6, 6.07) is 15.9. The van der Waals surface area contributed by atoms with Gasteiger partial charge in [-0.15, -0.1) is 23.7 Å². The Balaban J connectivity index is 0.00000208. The van der Waals surface area contributed by atoms with Crippen molar-refractivity contribution in [2.45, 2.75) is 6.42 Å². The fourth-order valence-electron chi connectivity index (χ4n) is 2.23. The average molecular weight is 363 g/mol. The summed E-state index contributed by atoms with van der Waals surface area (Å²) in [5.74, 6) is 1.71. The number of methoxy groups -OCH3 is 2. The first kappa shape index (κ1) is 18.1. The lowest BCUT2D eigenvalue weighted by molar-refractivity contribution is 0.414. The fraction of sp³-hybridized carbons (Fsp3) is 0.167. The molecule has 0 bridgehead atoms. The number of anilines is 2. The van der Waals surface area contributed by atoms with E-state index in [0.717, 1.165) is 34.4 Å². The summed E-state index contributed by atoms with van der Waals surface area (Å²) in [4.78, 5) is 4.63. The Morgan fingerprint density at radius 3 is 2.46 bits per heavy atom. The predicted octanol–water partition coefficient (Wildman–Crippen LogP) is 4.92. The highest BCUT2D eigenvalue weighted by atomic mass is 35.5. The minimum atomic E-state index is 0. The molecule has 24 heavy (non-hydrogen) atoms. The lowest BCUT2D eigenvalue weighted by atomic mass is 10.1. The van der Waals surface area contributed by atoms with E-state index in [-0.39, 0.29) is 12.4 Å². The molecule has 3 rings (SSSR count). The van der Waals surface area contributed by atoms with Crippen LogP contribution in [0.3, 0.4) is 0 Å². The van der Waals surface area contributed by atoms with E-state index in [0.29, 0.717) is 0 Å². The maximum atomic E-state index is 5.26. The molecule has 2 aromatic carbocycles. The second kappa shape index (κ2) is 8.57. The number of aromatic nitrogens is 1. The Bertz CT molecular complexity index is 775. The first-order valence-corrected chi connectivity index (χ1v) is 8.13. The van der Waals surface area contributed by atoms with Gasteiger partial charge in [-0.25, -0.2) is 4.98 Å². The zero-order valence-corrected chi connectivity index (χ0v) is 15.1. The van der Waals surface area contributed by atoms with E-state index >= 15 is 0 Å². The molecule has 0 amide bonds. The van der Waals surface area contributed by atoms with Crippen LogP contribution in [0.25, 0.3) is 0 Å². The van der Waals surface area contributed by atoms with Crippen molar-refractivity contribution in [3.05, 3.63) is 65.2 Å². The van der Waals surface area contributed by atoms with Gasteiger partial charge in [-0.05, 0) is 42.0 Å². The van der Waals surface area contributed by atoms with Crippen LogP contribution >= 0.6 is 23.7 Å². The molecule has 1 N–H and O–H groups in total. The van der Waals surface area contributed by atoms with Gasteiger partial charge in [0.15, 0.2) is 5.13 Å². The van der Waals surface area contributed by atoms with Crippen molar-refractivity contribution >= 4 is 34.6 Å². The van der Waals surface area contributed by atoms with Crippen molar-refractivity contribution in [3.63, 3.8) is 0 Å². The lowest BCUT2D eigenvalue weighted by Gasteiger charge is -2.04. The number of hydrogen-bond donors (Lipinski definition) is 1. The number of thiazole rings is 1. The van der Waals surface area contributed by atoms with E-state index < -0.39 is 0 Å². The second-order valence-electron chi connectivity index (χ2n) is 5.03. The molecule has 1 aromatic heterocycles. The van der Waals surface area contributed by atoms with Gasteiger partial charge in [0.25, 0.3) is 0 Å². The molecular formula is C18H19ClN2O2S. The largest absolute Gasteiger partial charge is 0.497 e. The molecule has 0 fully saturated rings. The highest BCUT2D eigenvalue weighted by molar-refractivity contribution is 7.13. The van der Waals surface area contributed by atoms with Crippen LogP contribution in [0.1, 0.15) is 11.3 Å². The molecule has 0 radical (unpaired) electrons. The Labute approximate surface area is 151 Å². The molecular weight excluding hydrogens is 344 g/mol. The molecule has 0 aliphatic carbocycles. The van der Waals surface area contributed by atoms with E-state index in [9.17, 15) is 0 Å². The minimum absolute atomic E-state index is 0. The minimum Gasteiger partial charge on any atom is -0.497 e. The number of benzene rings is 2. The van der Waals surface area contributed by atoms with Crippen molar-refractivity contribution in [1.82, 2.24) is 4.98 Å². The quantitative estimate of drug-likeness (QED) is 0.676. The third-order valence-corrected chi connectivity index (χ3v) is 4.22. The van der Waals surface area contributed by atoms with Crippen LogP contribution in [0.4, 0.5) is 10.8 Å². The van der Waals surface area contributed by atoms with Crippen molar-refractivity contribution in [2.75, 3.05) is 19.5 Å². The monoisotopic (exact) mass is 362 g/mol. The molecule has 0 saturated carbocycles. The van der Waals surface area contributed by atoms with E-state index in [1.165, 1.54) is 5.56 Å². The van der Waals surface area contributed by atoms with Crippen LogP contribution in [0.5, 0.6) is 11.5 Å². The number of nitrogens with zero attached hydrogens (tertiary/aromatic N) is 1. The van der Waals surface area contributed by atoms with Gasteiger partial charge >= 0.3 is 0 Å². The smallest absolute Gasteiger partial charge is 0.187 e. The SMILES string of the molecule is COc1ccc(Nc2nc(Cc3cccc(OC)c3)cs2)cc1.Cl. The van der Waals surface area contributed by atoms with Crippen LogP contribution < -0.4 is 14.8 Å². The Morgan fingerprint density at radius 2 is 1.75 bits per heavy atom. The highest BCUT2D eigenvalue weighted by Crippen LogP contribution is 2.24. The maximum Gasteiger partial charge on any atom is 0.187 e. The zero-order chi connectivity index (χ0) is 16.1. The fourth-order valence-corrected chi connectivity index (χ4v) is 2.97. The Morgan fingerprint density at radius 1 is 1.00 bits per heavy atom. The van der Waals surface area contributed by atoms with Gasteiger partial charge in [0, 0.05) is 17.5 Å². The summed E-state index contributed by atoms with van der Waals surface area (Å²) in [6.45, 7) is 0. The van der Waals surface area contributed by atoms with Crippen LogP contribution in [-0.4, -0.2) is 19.2 Å². The van der Waals surface area contributed by atoms with Gasteiger partial charge in [0.1, 0.15) is 11.5 Å². The molecule has 0 atom stereocenters. The number of ether oxygens (including phenoxy) is 2. The third-order valence-electron chi connectivity index (χ3n) is 3.41. The molecule has 0 aliphatic rings. The zero-order valence-electron chi connectivity index (χ0n) is 13.5. The van der Waals surface area contributed by atoms with E-state index in [2.05, 4.69) is 21.7 Å². The van der Waals surface area contributed by atoms with Gasteiger partial charge in [0.2, 0.25) is 0 Å². The van der Waals surface area contributed by atoms with Crippen molar-refractivity contribution < 1.29 is 9.47 Å². The number of hydrogen-bond acceptors (Lipinski definition) is 5. The van der Waals surface area contributed by atoms with Crippen LogP contribution in [0, 0.1) is 0 Å². The number of halogens is 1. The van der Waals surface area contributed by atoms with Crippen molar-refractivity contribution in [2.24, 2.45) is 0 Å². The lowest BCUT2D eigenvalue weighted by Crippen LogP contribution is -1.93. The summed E-state index contributed by atoms with van der Waals surface area (Å²) in [5.41, 5.74) is 3.22. The molecule has 4 nitrogen and oxygen atoms in total. The van der Waals surface area contributed by atoms with Gasteiger partial charge in [0.05, 0.1) is 19.9 Å². The molecule has 0 spiro atoms. The van der Waals surface area contributed by atoms with E-state index in [4.69, 9.17) is 9.47 Å². The maximum absolute atomic E-state index is 5.26. The van der Waals surface area contributed by atoms with Gasteiger partial charge in [-0.1, -0.05) is 12.1 Å². The normalized spacial score (nSPS) is 9.92. The van der Waals surface area contributed by atoms with E-state index in [1.807, 2.05) is 42.5 Å². The van der Waals surface area contributed by atoms with Crippen molar-refractivity contribution in [3.8, 4) is 11.5 Å². The summed E-state index contributed by atoms with van der Waals surface area (Å²) < 4.78 is 10.4. The van der Waals surface area contributed by atoms with Crippen LogP contribution in [0.15, 0.2) is 53.9 Å². The van der Waals surface area contributed by atoms with Gasteiger partial charge in [-0.3, -0.25) is 0 Å². The average Bonchev–Trinajstić information content (AvgIpc) is 3.02. The standard InChI is InChI=1S/C18H18N2O2S.ClH/c1-21-16-8-6-14(7-9-16)19-18-20-15(12-23-18)10-13-4-3-5-17(11-13)22-2;/h3-9,11-12H,10H2,1-2H3,(H,19,20);1H. The highest BCUT2D eigenvalue weighted by Gasteiger charge is 2.05. The molecule has 3 aromatic rings. The summed E-state index contributed by atoms with van der Waals surface area (Å²) in [5, 5.41) is 6.27. The first-order chi connectivity index (χ1) is 11.3. The van der Waals surface area contributed by atoms with Crippen LogP contribution in [0.2, 0.25) is 0 Å². The Hall–Kier alpha value is -2.24. The number of rotatable bonds is 6. The second-order valence-corrected chi connectivity index (χ2v) is 5.88. The summed E-state index contributed by atoms with van der Waals surface area (Å²) in [7, 11) is 3.34. The number of nitrogens with one attached hydrogen (secondary N) is 1. The molecule has 1 heterocycles. The summed E-state index contributed by atoms with van der Waals surface area (Å²) in [6.07, 6.45) is 0.790. The molecule has 0 saturated heterocycles. The van der Waals surface area contributed by atoms with Gasteiger partial charge in [-0.2, -0.15) is 0 Å². The topological polar surface area (TPSA) is 43.4 Å². The Kier molecular flexibility index (Phi) is 6.46. The molecule has 126 valence electrons. The third kappa shape index (κ3) is 4.63. The molecule has 0 aliphatic heterocycles. The van der Waals surface area contributed by atoms with E-state index in [1.54, 1.807) is 25.6 Å². The predicted molar refractivity (Wildman–Crippen MR) is 101 cm³/mol. The van der Waals surface area contributed by atoms with Crippen LogP contribution in [-0.2, 0) is 6.42 Å². The molecule has 6 heteroatoms. The van der Waals surface area contributed by atoms with Crippen molar-refractivity contribution in [1.29, 1.82) is 0 Å².